The Labute approximate surface area is 165 Å². The molecule has 0 saturated carbocycles. The molecule has 0 atom stereocenters. The molecule has 0 unspecified atom stereocenters. The van der Waals surface area contributed by atoms with E-state index in [1.807, 2.05) is 39.0 Å². The molecular weight excluding hydrogens is 354 g/mol. The van der Waals surface area contributed by atoms with Gasteiger partial charge in [0.1, 0.15) is 0 Å². The van der Waals surface area contributed by atoms with Crippen LogP contribution in [0.5, 0.6) is 0 Å². The Balaban J connectivity index is 1.80. The summed E-state index contributed by atoms with van der Waals surface area (Å²) in [7, 11) is 2.11. The normalized spacial score (nSPS) is 14.9. The Kier molecular flexibility index (Phi) is 5.74. The second kappa shape index (κ2) is 8.06. The highest BCUT2D eigenvalue weighted by atomic mass is 16.1. The predicted molar refractivity (Wildman–Crippen MR) is 113 cm³/mol. The fourth-order valence-corrected chi connectivity index (χ4v) is 3.57. The Morgan fingerprint density at radius 3 is 2.46 bits per heavy atom. The van der Waals surface area contributed by atoms with Gasteiger partial charge in [0.25, 0.3) is 11.5 Å². The highest BCUT2D eigenvalue weighted by Gasteiger charge is 2.19. The quantitative estimate of drug-likeness (QED) is 0.697. The maximum Gasteiger partial charge on any atom is 0.253 e. The zero-order valence-corrected chi connectivity index (χ0v) is 17.1. The molecule has 28 heavy (non-hydrogen) atoms. The van der Waals surface area contributed by atoms with Gasteiger partial charge in [-0.05, 0) is 57.1 Å². The summed E-state index contributed by atoms with van der Waals surface area (Å²) in [5.74, 6) is -0.223. The van der Waals surface area contributed by atoms with E-state index in [1.54, 1.807) is 0 Å². The fraction of sp³-hybridized carbons (Fsp3) is 0.429. The number of pyridine rings is 1. The van der Waals surface area contributed by atoms with Crippen molar-refractivity contribution in [2.45, 2.75) is 27.3 Å². The summed E-state index contributed by atoms with van der Waals surface area (Å²) >= 11 is 0. The first-order valence-corrected chi connectivity index (χ1v) is 9.57. The summed E-state index contributed by atoms with van der Waals surface area (Å²) in [6.07, 6.45) is 0. The molecule has 7 heteroatoms. The maximum absolute atomic E-state index is 12.9. The third kappa shape index (κ3) is 4.20. The Morgan fingerprint density at radius 2 is 1.82 bits per heavy atom. The highest BCUT2D eigenvalue weighted by Crippen LogP contribution is 2.26. The van der Waals surface area contributed by atoms with Crippen LogP contribution in [0.25, 0.3) is 0 Å². The first-order chi connectivity index (χ1) is 13.3. The molecule has 1 aromatic heterocycles. The number of likely N-dealkylation sites (N-methyl/N-ethyl adjacent to an activating group) is 1. The van der Waals surface area contributed by atoms with Gasteiger partial charge in [0.15, 0.2) is 0 Å². The number of benzene rings is 1. The van der Waals surface area contributed by atoms with E-state index in [0.29, 0.717) is 16.8 Å². The molecule has 1 fully saturated rings. The number of nitrogens with one attached hydrogen (secondary N) is 2. The summed E-state index contributed by atoms with van der Waals surface area (Å²) in [5.41, 5.74) is 11.1. The van der Waals surface area contributed by atoms with E-state index < -0.39 is 0 Å². The zero-order valence-electron chi connectivity index (χ0n) is 17.1. The lowest BCUT2D eigenvalue weighted by Gasteiger charge is -2.34. The van der Waals surface area contributed by atoms with Crippen molar-refractivity contribution in [1.82, 2.24) is 15.2 Å². The number of hydrogen-bond donors (Lipinski definition) is 3. The van der Waals surface area contributed by atoms with Gasteiger partial charge in [0.05, 0.1) is 0 Å². The summed E-state index contributed by atoms with van der Waals surface area (Å²) in [4.78, 5) is 32.4. The van der Waals surface area contributed by atoms with Crippen molar-refractivity contribution in [3.05, 3.63) is 56.5 Å². The van der Waals surface area contributed by atoms with Crippen LogP contribution in [0.3, 0.4) is 0 Å². The van der Waals surface area contributed by atoms with E-state index in [9.17, 15) is 9.59 Å². The van der Waals surface area contributed by atoms with Gasteiger partial charge in [-0.3, -0.25) is 9.59 Å². The van der Waals surface area contributed by atoms with Gasteiger partial charge < -0.3 is 25.8 Å². The molecule has 0 bridgehead atoms. The Bertz CT molecular complexity index is 943. The van der Waals surface area contributed by atoms with Crippen LogP contribution >= 0.6 is 0 Å². The number of aromatic nitrogens is 1. The third-order valence-corrected chi connectivity index (χ3v) is 5.47. The number of amides is 1. The molecule has 1 amide bonds. The standard InChI is InChI=1S/C21H29N5O2/c1-13-9-14(2)24-21(28)18(13)12-23-20(27)17-10-16(11-19(22)15(17)3)26-7-5-25(4)6-8-26/h9-11H,5-8,12,22H2,1-4H3,(H,23,27)(H,24,28). The van der Waals surface area contributed by atoms with Crippen LogP contribution in [0.15, 0.2) is 23.0 Å². The van der Waals surface area contributed by atoms with Crippen molar-refractivity contribution in [1.29, 1.82) is 0 Å². The van der Waals surface area contributed by atoms with Crippen molar-refractivity contribution in [2.24, 2.45) is 0 Å². The van der Waals surface area contributed by atoms with E-state index in [2.05, 4.69) is 27.1 Å². The van der Waals surface area contributed by atoms with Gasteiger partial charge in [-0.25, -0.2) is 0 Å². The largest absolute Gasteiger partial charge is 0.398 e. The van der Waals surface area contributed by atoms with Gasteiger partial charge >= 0.3 is 0 Å². The van der Waals surface area contributed by atoms with E-state index in [-0.39, 0.29) is 18.0 Å². The average Bonchev–Trinajstić information content (AvgIpc) is 2.63. The lowest BCUT2D eigenvalue weighted by Crippen LogP contribution is -2.44. The van der Waals surface area contributed by atoms with Gasteiger partial charge in [-0.1, -0.05) is 0 Å². The van der Waals surface area contributed by atoms with Crippen molar-refractivity contribution < 1.29 is 4.79 Å². The summed E-state index contributed by atoms with van der Waals surface area (Å²) in [6, 6.07) is 5.74. The number of piperazine rings is 1. The molecule has 7 nitrogen and oxygen atoms in total. The van der Waals surface area contributed by atoms with Gasteiger partial charge in [-0.2, -0.15) is 0 Å². The number of nitrogen functional groups attached to an aromatic ring is 1. The van der Waals surface area contributed by atoms with E-state index in [4.69, 9.17) is 5.73 Å². The molecule has 0 aliphatic carbocycles. The van der Waals surface area contributed by atoms with Crippen LogP contribution in [0.4, 0.5) is 11.4 Å². The number of anilines is 2. The van der Waals surface area contributed by atoms with Gasteiger partial charge in [0.2, 0.25) is 0 Å². The number of hydrogen-bond acceptors (Lipinski definition) is 5. The molecule has 150 valence electrons. The number of aryl methyl sites for hydroxylation is 2. The molecule has 2 heterocycles. The van der Waals surface area contributed by atoms with Crippen molar-refractivity contribution in [3.63, 3.8) is 0 Å². The smallest absolute Gasteiger partial charge is 0.253 e. The van der Waals surface area contributed by atoms with Crippen molar-refractivity contribution in [2.75, 3.05) is 43.9 Å². The molecule has 0 radical (unpaired) electrons. The summed E-state index contributed by atoms with van der Waals surface area (Å²) < 4.78 is 0. The highest BCUT2D eigenvalue weighted by molar-refractivity contribution is 5.98. The number of nitrogens with zero attached hydrogens (tertiary/aromatic N) is 2. The molecule has 1 saturated heterocycles. The Hall–Kier alpha value is -2.80. The van der Waals surface area contributed by atoms with E-state index >= 15 is 0 Å². The summed E-state index contributed by atoms with van der Waals surface area (Å²) in [5, 5.41) is 2.88. The van der Waals surface area contributed by atoms with Gasteiger partial charge in [0, 0.05) is 60.9 Å². The van der Waals surface area contributed by atoms with Crippen LogP contribution in [-0.4, -0.2) is 49.0 Å². The molecule has 0 spiro atoms. The van der Waals surface area contributed by atoms with Gasteiger partial charge in [-0.15, -0.1) is 0 Å². The molecule has 1 aliphatic rings. The molecule has 3 rings (SSSR count). The number of nitrogens with two attached hydrogens (primary N) is 1. The Morgan fingerprint density at radius 1 is 1.14 bits per heavy atom. The zero-order chi connectivity index (χ0) is 20.4. The lowest BCUT2D eigenvalue weighted by molar-refractivity contribution is 0.0950. The molecular formula is C21H29N5O2. The first-order valence-electron chi connectivity index (χ1n) is 9.57. The minimum Gasteiger partial charge on any atom is -0.398 e. The third-order valence-electron chi connectivity index (χ3n) is 5.47. The molecule has 2 aromatic rings. The van der Waals surface area contributed by atoms with Crippen molar-refractivity contribution in [3.8, 4) is 0 Å². The SMILES string of the molecule is Cc1cc(C)c(CNC(=O)c2cc(N3CCN(C)CC3)cc(N)c2C)c(=O)[nH]1. The number of carbonyl (C=O) groups excluding carboxylic acids is 1. The monoisotopic (exact) mass is 383 g/mol. The average molecular weight is 383 g/mol. The predicted octanol–water partition coefficient (Wildman–Crippen LogP) is 1.56. The fourth-order valence-electron chi connectivity index (χ4n) is 3.57. The minimum absolute atomic E-state index is 0.166. The second-order valence-corrected chi connectivity index (χ2v) is 7.62. The van der Waals surface area contributed by atoms with Crippen LogP contribution < -0.4 is 21.5 Å². The van der Waals surface area contributed by atoms with E-state index in [1.165, 1.54) is 0 Å². The van der Waals surface area contributed by atoms with Crippen LogP contribution in [-0.2, 0) is 6.54 Å². The summed E-state index contributed by atoms with van der Waals surface area (Å²) in [6.45, 7) is 9.50. The van der Waals surface area contributed by atoms with E-state index in [0.717, 1.165) is 48.7 Å². The maximum atomic E-state index is 12.9. The van der Waals surface area contributed by atoms with Crippen LogP contribution in [0.1, 0.15) is 32.7 Å². The molecule has 1 aliphatic heterocycles. The number of H-pyrrole nitrogens is 1. The molecule has 4 N–H and O–H groups in total. The number of carbonyl (C=O) groups is 1. The van der Waals surface area contributed by atoms with Crippen molar-refractivity contribution >= 4 is 17.3 Å². The second-order valence-electron chi connectivity index (χ2n) is 7.62. The minimum atomic E-state index is -0.223. The number of rotatable bonds is 4. The van der Waals surface area contributed by atoms with Crippen LogP contribution in [0, 0.1) is 20.8 Å². The molecule has 1 aromatic carbocycles. The topological polar surface area (TPSA) is 94.5 Å². The van der Waals surface area contributed by atoms with Crippen LogP contribution in [0.2, 0.25) is 0 Å². The number of aromatic amines is 1. The lowest BCUT2D eigenvalue weighted by atomic mass is 10.0. The first kappa shape index (κ1) is 19.9.